The van der Waals surface area contributed by atoms with E-state index in [1.165, 1.54) is 29.2 Å². The molecule has 0 bridgehead atoms. The molecule has 0 saturated heterocycles. The lowest BCUT2D eigenvalue weighted by Crippen LogP contribution is -2.34. The summed E-state index contributed by atoms with van der Waals surface area (Å²) in [5.41, 5.74) is 8.34. The molecule has 2 rings (SSSR count). The Bertz CT molecular complexity index is 968. The van der Waals surface area contributed by atoms with Crippen molar-refractivity contribution < 1.29 is 14.0 Å². The van der Waals surface area contributed by atoms with Crippen LogP contribution < -0.4 is 10.6 Å². The Kier molecular flexibility index (Phi) is 7.32. The van der Waals surface area contributed by atoms with Crippen molar-refractivity contribution in [2.75, 3.05) is 11.4 Å². The van der Waals surface area contributed by atoms with Crippen LogP contribution >= 0.6 is 0 Å². The van der Waals surface area contributed by atoms with Crippen molar-refractivity contribution in [3.63, 3.8) is 0 Å². The van der Waals surface area contributed by atoms with Gasteiger partial charge in [0.15, 0.2) is 0 Å². The van der Waals surface area contributed by atoms with Crippen molar-refractivity contribution in [3.8, 4) is 6.07 Å². The van der Waals surface area contributed by atoms with Crippen LogP contribution in [0.15, 0.2) is 35.9 Å². The second kappa shape index (κ2) is 9.69. The first kappa shape index (κ1) is 21.9. The fourth-order valence-corrected chi connectivity index (χ4v) is 3.18. The number of carbonyl (C=O) groups is 2. The number of rotatable bonds is 8. The second-order valence-electron chi connectivity index (χ2n) is 6.80. The first-order chi connectivity index (χ1) is 13.8. The Labute approximate surface area is 170 Å². The molecule has 0 aliphatic carbocycles. The van der Waals surface area contributed by atoms with E-state index in [4.69, 9.17) is 5.73 Å². The highest BCUT2D eigenvalue weighted by Gasteiger charge is 2.21. The summed E-state index contributed by atoms with van der Waals surface area (Å²) in [6.07, 6.45) is 2.44. The van der Waals surface area contributed by atoms with Crippen LogP contribution in [0.25, 0.3) is 6.08 Å². The molecule has 0 saturated carbocycles. The minimum Gasteiger partial charge on any atom is -0.370 e. The summed E-state index contributed by atoms with van der Waals surface area (Å²) in [7, 11) is 0. The van der Waals surface area contributed by atoms with Crippen LogP contribution in [0.3, 0.4) is 0 Å². The maximum absolute atomic E-state index is 13.3. The third-order valence-electron chi connectivity index (χ3n) is 4.68. The number of hydrogen-bond donors (Lipinski definition) is 1. The molecular weight excluding hydrogens is 371 g/mol. The molecule has 0 aliphatic heterocycles. The van der Waals surface area contributed by atoms with Gasteiger partial charge in [0.1, 0.15) is 17.5 Å². The molecule has 29 heavy (non-hydrogen) atoms. The minimum atomic E-state index is -0.574. The smallest absolute Gasteiger partial charge is 0.268 e. The summed E-state index contributed by atoms with van der Waals surface area (Å²) in [6, 6.07) is 9.18. The van der Waals surface area contributed by atoms with E-state index in [0.717, 1.165) is 29.9 Å². The largest absolute Gasteiger partial charge is 0.370 e. The van der Waals surface area contributed by atoms with Crippen LogP contribution in [0, 0.1) is 31.0 Å². The van der Waals surface area contributed by atoms with Crippen molar-refractivity contribution in [1.82, 2.24) is 4.57 Å². The Morgan fingerprint density at radius 2 is 1.93 bits per heavy atom. The normalized spacial score (nSPS) is 11.2. The molecule has 1 heterocycles. The molecule has 1 aromatic heterocycles. The van der Waals surface area contributed by atoms with E-state index < -0.39 is 17.6 Å². The van der Waals surface area contributed by atoms with Gasteiger partial charge >= 0.3 is 0 Å². The molecule has 2 N–H and O–H groups in total. The zero-order valence-corrected chi connectivity index (χ0v) is 16.9. The van der Waals surface area contributed by atoms with Gasteiger partial charge in [0.2, 0.25) is 5.91 Å². The van der Waals surface area contributed by atoms with Gasteiger partial charge in [-0.25, -0.2) is 4.39 Å². The predicted molar refractivity (Wildman–Crippen MR) is 110 cm³/mol. The number of halogens is 1. The summed E-state index contributed by atoms with van der Waals surface area (Å²) < 4.78 is 15.4. The number of benzene rings is 1. The first-order valence-electron chi connectivity index (χ1n) is 9.42. The van der Waals surface area contributed by atoms with Crippen molar-refractivity contribution in [2.24, 2.45) is 5.73 Å². The monoisotopic (exact) mass is 396 g/mol. The molecule has 0 radical (unpaired) electrons. The van der Waals surface area contributed by atoms with Crippen molar-refractivity contribution in [2.45, 2.75) is 40.2 Å². The van der Waals surface area contributed by atoms with Crippen LogP contribution in [-0.4, -0.2) is 22.9 Å². The van der Waals surface area contributed by atoms with Gasteiger partial charge in [0.05, 0.1) is 0 Å². The quantitative estimate of drug-likeness (QED) is 0.547. The highest BCUT2D eigenvalue weighted by Crippen LogP contribution is 2.22. The maximum Gasteiger partial charge on any atom is 0.268 e. The van der Waals surface area contributed by atoms with Crippen LogP contribution in [0.2, 0.25) is 0 Å². The molecule has 152 valence electrons. The van der Waals surface area contributed by atoms with Crippen LogP contribution in [-0.2, 0) is 16.1 Å². The molecule has 7 heteroatoms. The molecule has 0 spiro atoms. The van der Waals surface area contributed by atoms with E-state index in [-0.39, 0.29) is 18.5 Å². The number of nitriles is 1. The van der Waals surface area contributed by atoms with Crippen LogP contribution in [0.1, 0.15) is 36.7 Å². The fraction of sp³-hybridized carbons (Fsp3) is 0.318. The van der Waals surface area contributed by atoms with Crippen LogP contribution in [0.4, 0.5) is 10.1 Å². The zero-order valence-electron chi connectivity index (χ0n) is 16.9. The summed E-state index contributed by atoms with van der Waals surface area (Å²) >= 11 is 0. The van der Waals surface area contributed by atoms with Gasteiger partial charge < -0.3 is 15.2 Å². The minimum absolute atomic E-state index is 0.00627. The Balaban J connectivity index is 2.43. The number of nitrogens with zero attached hydrogens (tertiary/aromatic N) is 3. The van der Waals surface area contributed by atoms with Crippen molar-refractivity contribution in [3.05, 3.63) is 58.7 Å². The van der Waals surface area contributed by atoms with Gasteiger partial charge in [-0.1, -0.05) is 6.92 Å². The average Bonchev–Trinajstić information content (AvgIpc) is 2.94. The fourth-order valence-electron chi connectivity index (χ4n) is 3.18. The lowest BCUT2D eigenvalue weighted by molar-refractivity contribution is -0.118. The lowest BCUT2D eigenvalue weighted by atomic mass is 10.1. The zero-order chi connectivity index (χ0) is 21.6. The molecular formula is C22H25FN4O2. The van der Waals surface area contributed by atoms with Gasteiger partial charge in [-0.05, 0) is 62.2 Å². The van der Waals surface area contributed by atoms with E-state index in [1.807, 2.05) is 26.0 Å². The Hall–Kier alpha value is -3.40. The second-order valence-corrected chi connectivity index (χ2v) is 6.80. The SMILES string of the molecule is CCCn1c(C)cc(/C=C(\C#N)C(=O)N(CCC(N)=O)c2ccc(F)cc2)c1C. The highest BCUT2D eigenvalue weighted by molar-refractivity contribution is 6.11. The molecule has 1 aromatic carbocycles. The molecule has 2 aromatic rings. The molecule has 0 fully saturated rings. The highest BCUT2D eigenvalue weighted by atomic mass is 19.1. The Morgan fingerprint density at radius 3 is 2.48 bits per heavy atom. The number of amides is 2. The maximum atomic E-state index is 13.3. The van der Waals surface area contributed by atoms with E-state index in [1.54, 1.807) is 6.08 Å². The summed E-state index contributed by atoms with van der Waals surface area (Å²) in [6.45, 7) is 6.84. The number of nitrogens with two attached hydrogens (primary N) is 1. The molecule has 2 amide bonds. The van der Waals surface area contributed by atoms with Gasteiger partial charge in [-0.15, -0.1) is 0 Å². The number of carbonyl (C=O) groups excluding carboxylic acids is 2. The molecule has 0 atom stereocenters. The number of primary amides is 1. The average molecular weight is 396 g/mol. The van der Waals surface area contributed by atoms with E-state index in [9.17, 15) is 19.2 Å². The first-order valence-corrected chi connectivity index (χ1v) is 9.42. The number of anilines is 1. The van der Waals surface area contributed by atoms with Gasteiger partial charge in [0.25, 0.3) is 5.91 Å². The molecule has 0 unspecified atom stereocenters. The van der Waals surface area contributed by atoms with Gasteiger partial charge in [-0.2, -0.15) is 5.26 Å². The Morgan fingerprint density at radius 1 is 1.28 bits per heavy atom. The standard InChI is InChI=1S/C22H25FN4O2/c1-4-10-26-15(2)12-17(16(26)3)13-18(14-24)22(29)27(11-9-21(25)28)20-7-5-19(23)6-8-20/h5-8,12-13H,4,9-11H2,1-3H3,(H2,25,28)/b18-13+. The summed E-state index contributed by atoms with van der Waals surface area (Å²) in [4.78, 5) is 25.6. The number of hydrogen-bond acceptors (Lipinski definition) is 3. The summed E-state index contributed by atoms with van der Waals surface area (Å²) in [5.74, 6) is -1.59. The third kappa shape index (κ3) is 5.32. The predicted octanol–water partition coefficient (Wildman–Crippen LogP) is 3.47. The lowest BCUT2D eigenvalue weighted by Gasteiger charge is -2.22. The van der Waals surface area contributed by atoms with Crippen molar-refractivity contribution in [1.29, 1.82) is 5.26 Å². The van der Waals surface area contributed by atoms with E-state index >= 15 is 0 Å². The molecule has 0 aliphatic rings. The number of aryl methyl sites for hydroxylation is 1. The van der Waals surface area contributed by atoms with E-state index in [2.05, 4.69) is 11.5 Å². The van der Waals surface area contributed by atoms with Crippen molar-refractivity contribution >= 4 is 23.6 Å². The molecule has 6 nitrogen and oxygen atoms in total. The topological polar surface area (TPSA) is 92.1 Å². The third-order valence-corrected chi connectivity index (χ3v) is 4.68. The summed E-state index contributed by atoms with van der Waals surface area (Å²) in [5, 5.41) is 9.62. The van der Waals surface area contributed by atoms with Crippen LogP contribution in [0.5, 0.6) is 0 Å². The number of aromatic nitrogens is 1. The van der Waals surface area contributed by atoms with E-state index in [0.29, 0.717) is 5.69 Å². The van der Waals surface area contributed by atoms with Gasteiger partial charge in [-0.3, -0.25) is 9.59 Å². The van der Waals surface area contributed by atoms with Gasteiger partial charge in [0, 0.05) is 36.6 Å².